The highest BCUT2D eigenvalue weighted by Gasteiger charge is 2.15. The highest BCUT2D eigenvalue weighted by atomic mass is 79.9. The first-order valence-electron chi connectivity index (χ1n) is 10.3. The molecule has 4 rings (SSSR count). The minimum absolute atomic E-state index is 0.276. The fourth-order valence-corrected chi connectivity index (χ4v) is 4.30. The molecule has 0 aliphatic carbocycles. The molecule has 4 aromatic carbocycles. The summed E-state index contributed by atoms with van der Waals surface area (Å²) in [6.07, 6.45) is 1.20. The van der Waals surface area contributed by atoms with Gasteiger partial charge in [0.2, 0.25) is 0 Å². The monoisotopic (exact) mass is 526 g/mol. The van der Waals surface area contributed by atoms with E-state index in [1.807, 2.05) is 54.6 Å². The van der Waals surface area contributed by atoms with E-state index in [4.69, 9.17) is 14.2 Å². The zero-order chi connectivity index (χ0) is 23.4. The highest BCUT2D eigenvalue weighted by Crippen LogP contribution is 2.41. The Balaban J connectivity index is 1.79. The van der Waals surface area contributed by atoms with E-state index in [0.29, 0.717) is 18.1 Å². The number of hydrogen-bond acceptors (Lipinski definition) is 5. The third-order valence-electron chi connectivity index (χ3n) is 5.16. The third-order valence-corrected chi connectivity index (χ3v) is 6.61. The van der Waals surface area contributed by atoms with Crippen LogP contribution >= 0.6 is 15.9 Å². The summed E-state index contributed by atoms with van der Waals surface area (Å²) in [6.45, 7) is 0.582. The largest absolute Gasteiger partial charge is 0.497 e. The molecule has 4 aromatic rings. The normalized spacial score (nSPS) is 11.4. The summed E-state index contributed by atoms with van der Waals surface area (Å²) < 4.78 is 41.1. The molecule has 0 aliphatic rings. The van der Waals surface area contributed by atoms with Gasteiger partial charge in [0, 0.05) is 22.5 Å². The van der Waals surface area contributed by atoms with Crippen LogP contribution in [0.25, 0.3) is 21.9 Å². The number of hydrogen-bond donors (Lipinski definition) is 0. The second-order valence-electron chi connectivity index (χ2n) is 7.44. The average Bonchev–Trinajstić information content (AvgIpc) is 2.83. The van der Waals surface area contributed by atoms with Crippen LogP contribution in [-0.4, -0.2) is 33.7 Å². The number of ether oxygens (including phenoxy) is 3. The molecule has 0 aromatic heterocycles. The Morgan fingerprint density at radius 2 is 1.48 bits per heavy atom. The van der Waals surface area contributed by atoms with Crippen molar-refractivity contribution in [2.24, 2.45) is 0 Å². The Morgan fingerprint density at radius 3 is 2.12 bits per heavy atom. The zero-order valence-electron chi connectivity index (χ0n) is 18.2. The second-order valence-corrected chi connectivity index (χ2v) is 10.2. The minimum Gasteiger partial charge on any atom is -0.497 e. The number of benzene rings is 4. The molecule has 0 N–H and O–H groups in total. The lowest BCUT2D eigenvalue weighted by molar-refractivity contribution is 0.344. The number of methoxy groups -OCH3 is 1. The highest BCUT2D eigenvalue weighted by molar-refractivity contribution is 9.09. The molecule has 5 nitrogen and oxygen atoms in total. The van der Waals surface area contributed by atoms with E-state index in [1.165, 1.54) is 6.26 Å². The van der Waals surface area contributed by atoms with Gasteiger partial charge in [-0.25, -0.2) is 8.42 Å². The zero-order valence-corrected chi connectivity index (χ0v) is 20.6. The lowest BCUT2D eigenvalue weighted by Crippen LogP contribution is -1.97. The molecule has 0 amide bonds. The van der Waals surface area contributed by atoms with Crippen LogP contribution in [0.4, 0.5) is 0 Å². The van der Waals surface area contributed by atoms with E-state index >= 15 is 0 Å². The third kappa shape index (κ3) is 5.31. The predicted octanol–water partition coefficient (Wildman–Crippen LogP) is 6.48. The van der Waals surface area contributed by atoms with E-state index in [9.17, 15) is 8.42 Å². The Hall–Kier alpha value is -3.03. The van der Waals surface area contributed by atoms with Crippen molar-refractivity contribution in [3.05, 3.63) is 78.9 Å². The van der Waals surface area contributed by atoms with Crippen LogP contribution in [0.1, 0.15) is 0 Å². The van der Waals surface area contributed by atoms with Crippen molar-refractivity contribution >= 4 is 36.5 Å². The minimum atomic E-state index is -3.27. The van der Waals surface area contributed by atoms with Crippen molar-refractivity contribution < 1.29 is 22.6 Å². The lowest BCUT2D eigenvalue weighted by atomic mass is 9.99. The molecular weight excluding hydrogens is 504 g/mol. The van der Waals surface area contributed by atoms with Crippen LogP contribution < -0.4 is 14.2 Å². The summed E-state index contributed by atoms with van der Waals surface area (Å²) in [5.41, 5.74) is 1.71. The van der Waals surface area contributed by atoms with Crippen LogP contribution in [0.2, 0.25) is 0 Å². The van der Waals surface area contributed by atoms with Gasteiger partial charge >= 0.3 is 0 Å². The quantitative estimate of drug-likeness (QED) is 0.245. The molecular formula is C26H23BrO5S. The van der Waals surface area contributed by atoms with Crippen LogP contribution in [0.5, 0.6) is 23.0 Å². The van der Waals surface area contributed by atoms with Gasteiger partial charge in [-0.3, -0.25) is 0 Å². The number of fused-ring (bicyclic) bond motifs is 1. The first kappa shape index (κ1) is 23.1. The van der Waals surface area contributed by atoms with Crippen LogP contribution in [0.3, 0.4) is 0 Å². The van der Waals surface area contributed by atoms with E-state index in [-0.39, 0.29) is 4.90 Å². The Morgan fingerprint density at radius 1 is 0.818 bits per heavy atom. The maximum absolute atomic E-state index is 11.9. The van der Waals surface area contributed by atoms with Crippen molar-refractivity contribution in [2.45, 2.75) is 4.90 Å². The van der Waals surface area contributed by atoms with Crippen molar-refractivity contribution in [3.63, 3.8) is 0 Å². The summed E-state index contributed by atoms with van der Waals surface area (Å²) >= 11 is 3.35. The number of rotatable bonds is 8. The molecule has 0 saturated heterocycles. The van der Waals surface area contributed by atoms with Gasteiger partial charge in [0.1, 0.15) is 23.0 Å². The summed E-state index contributed by atoms with van der Waals surface area (Å²) in [5.74, 6) is 2.86. The summed E-state index contributed by atoms with van der Waals surface area (Å²) in [7, 11) is -1.64. The maximum Gasteiger partial charge on any atom is 0.175 e. The molecule has 0 saturated carbocycles. The molecule has 7 heteroatoms. The molecule has 0 heterocycles. The van der Waals surface area contributed by atoms with Crippen molar-refractivity contribution in [1.82, 2.24) is 0 Å². The molecule has 170 valence electrons. The van der Waals surface area contributed by atoms with E-state index in [1.54, 1.807) is 31.4 Å². The summed E-state index contributed by atoms with van der Waals surface area (Å²) in [5, 5.41) is 2.64. The fourth-order valence-electron chi connectivity index (χ4n) is 3.50. The van der Waals surface area contributed by atoms with Gasteiger partial charge < -0.3 is 14.2 Å². The Kier molecular flexibility index (Phi) is 6.91. The Bertz CT molecular complexity index is 1360. The molecule has 0 spiro atoms. The van der Waals surface area contributed by atoms with Crippen LogP contribution in [0.15, 0.2) is 83.8 Å². The molecule has 0 bridgehead atoms. The van der Waals surface area contributed by atoms with Gasteiger partial charge in [-0.1, -0.05) is 34.1 Å². The fraction of sp³-hybridized carbons (Fsp3) is 0.154. The van der Waals surface area contributed by atoms with Crippen molar-refractivity contribution in [3.8, 4) is 34.1 Å². The van der Waals surface area contributed by atoms with Gasteiger partial charge in [0.15, 0.2) is 9.84 Å². The maximum atomic E-state index is 11.9. The van der Waals surface area contributed by atoms with Crippen LogP contribution in [-0.2, 0) is 9.84 Å². The first-order chi connectivity index (χ1) is 15.9. The number of sulfone groups is 1. The predicted molar refractivity (Wildman–Crippen MR) is 135 cm³/mol. The SMILES string of the molecule is COc1ccc2c(Oc3ccc(OCCBr)cc3)c(-c3ccc(S(C)(=O)=O)cc3)ccc2c1. The lowest BCUT2D eigenvalue weighted by Gasteiger charge is -2.16. The van der Waals surface area contributed by atoms with Crippen LogP contribution in [0, 0.1) is 0 Å². The van der Waals surface area contributed by atoms with E-state index in [0.717, 1.165) is 38.7 Å². The molecule has 33 heavy (non-hydrogen) atoms. The summed E-state index contributed by atoms with van der Waals surface area (Å²) in [6, 6.07) is 24.1. The van der Waals surface area contributed by atoms with Gasteiger partial charge in [0.25, 0.3) is 0 Å². The van der Waals surface area contributed by atoms with Crippen molar-refractivity contribution in [1.29, 1.82) is 0 Å². The van der Waals surface area contributed by atoms with Gasteiger partial charge in [-0.2, -0.15) is 0 Å². The summed E-state index contributed by atoms with van der Waals surface area (Å²) in [4.78, 5) is 0.276. The van der Waals surface area contributed by atoms with E-state index in [2.05, 4.69) is 15.9 Å². The second kappa shape index (κ2) is 9.85. The average molecular weight is 527 g/mol. The molecule has 0 unspecified atom stereocenters. The van der Waals surface area contributed by atoms with E-state index < -0.39 is 9.84 Å². The number of alkyl halides is 1. The first-order valence-corrected chi connectivity index (χ1v) is 13.3. The standard InChI is InChI=1S/C26H23BrO5S/c1-30-22-10-14-25-19(17-22)5-13-24(18-3-11-23(12-4-18)33(2,28)29)26(25)32-21-8-6-20(7-9-21)31-16-15-27/h3-14,17H,15-16H2,1-2H3. The number of halogens is 1. The van der Waals surface area contributed by atoms with Gasteiger partial charge in [0.05, 0.1) is 18.6 Å². The van der Waals surface area contributed by atoms with Crippen molar-refractivity contribution in [2.75, 3.05) is 25.3 Å². The van der Waals surface area contributed by atoms with Gasteiger partial charge in [-0.15, -0.1) is 0 Å². The molecule has 0 atom stereocenters. The molecule has 0 fully saturated rings. The topological polar surface area (TPSA) is 61.8 Å². The smallest absolute Gasteiger partial charge is 0.175 e. The van der Waals surface area contributed by atoms with Gasteiger partial charge in [-0.05, 0) is 71.6 Å². The molecule has 0 aliphatic heterocycles. The Labute approximate surface area is 202 Å². The molecule has 0 radical (unpaired) electrons.